The van der Waals surface area contributed by atoms with E-state index in [2.05, 4.69) is 78.0 Å². The highest BCUT2D eigenvalue weighted by Gasteiger charge is 2.29. The van der Waals surface area contributed by atoms with Crippen LogP contribution in [0, 0.1) is 0 Å². The van der Waals surface area contributed by atoms with Gasteiger partial charge in [-0.2, -0.15) is 4.57 Å². The molecule has 0 saturated carbocycles. The number of aryl methyl sites for hydroxylation is 1. The summed E-state index contributed by atoms with van der Waals surface area (Å²) in [5.74, 6) is 0. The highest BCUT2D eigenvalue weighted by molar-refractivity contribution is 8.03. The number of hydrogen-bond donors (Lipinski definition) is 0. The summed E-state index contributed by atoms with van der Waals surface area (Å²) in [6.07, 6.45) is 2.25. The zero-order valence-electron chi connectivity index (χ0n) is 15.1. The summed E-state index contributed by atoms with van der Waals surface area (Å²) in [5.41, 5.74) is 4.58. The van der Waals surface area contributed by atoms with Crippen LogP contribution in [0.4, 0.5) is 5.69 Å². The van der Waals surface area contributed by atoms with Gasteiger partial charge in [-0.3, -0.25) is 0 Å². The number of nitrogens with zero attached hydrogens (tertiary/aromatic N) is 2. The van der Waals surface area contributed by atoms with Gasteiger partial charge in [-0.15, -0.1) is 0 Å². The topological polar surface area (TPSA) is 20.3 Å². The number of halogens is 1. The van der Waals surface area contributed by atoms with Gasteiger partial charge in [0.2, 0.25) is 11.2 Å². The molecule has 3 nitrogen and oxygen atoms in total. The first-order valence-corrected chi connectivity index (χ1v) is 9.64. The number of rotatable bonds is 2. The normalized spacial score (nSPS) is 14.7. The van der Waals surface area contributed by atoms with Gasteiger partial charge in [-0.05, 0) is 43.0 Å². The van der Waals surface area contributed by atoms with E-state index >= 15 is 0 Å². The quantitative estimate of drug-likeness (QED) is 0.321. The van der Waals surface area contributed by atoms with Crippen LogP contribution in [0.1, 0.15) is 12.6 Å². The van der Waals surface area contributed by atoms with Crippen molar-refractivity contribution in [1.29, 1.82) is 0 Å². The second-order valence-electron chi connectivity index (χ2n) is 6.44. The number of furan rings is 1. The molecule has 5 heteroatoms. The molecule has 0 bridgehead atoms. The Labute approximate surface area is 179 Å². The van der Waals surface area contributed by atoms with E-state index in [0.717, 1.165) is 17.2 Å². The lowest BCUT2D eigenvalue weighted by Gasteiger charge is -2.13. The number of pyridine rings is 1. The van der Waals surface area contributed by atoms with Gasteiger partial charge in [0.05, 0.1) is 5.03 Å². The average Bonchev–Trinajstić information content (AvgIpc) is 3.18. The molecule has 1 aliphatic rings. The third-order valence-corrected chi connectivity index (χ3v) is 6.02. The van der Waals surface area contributed by atoms with E-state index in [1.54, 1.807) is 11.8 Å². The zero-order valence-corrected chi connectivity index (χ0v) is 18.1. The number of hydrogen-bond acceptors (Lipinski definition) is 3. The molecule has 2 aromatic carbocycles. The first-order chi connectivity index (χ1) is 12.8. The fourth-order valence-corrected chi connectivity index (χ4v) is 4.75. The van der Waals surface area contributed by atoms with Crippen molar-refractivity contribution in [2.45, 2.75) is 18.6 Å². The van der Waals surface area contributed by atoms with Crippen LogP contribution >= 0.6 is 11.8 Å². The molecule has 2 aromatic heterocycles. The summed E-state index contributed by atoms with van der Waals surface area (Å²) in [6.45, 7) is 3.12. The van der Waals surface area contributed by atoms with Gasteiger partial charge in [0.1, 0.15) is 17.8 Å². The Morgan fingerprint density at radius 3 is 2.67 bits per heavy atom. The van der Waals surface area contributed by atoms with Crippen molar-refractivity contribution in [2.24, 2.45) is 0 Å². The molecule has 136 valence electrons. The van der Waals surface area contributed by atoms with Crippen LogP contribution in [-0.4, -0.2) is 7.05 Å². The Bertz CT molecular complexity index is 1180. The van der Waals surface area contributed by atoms with Crippen molar-refractivity contribution in [1.82, 2.24) is 0 Å². The van der Waals surface area contributed by atoms with Crippen molar-refractivity contribution in [3.05, 3.63) is 71.4 Å². The fourth-order valence-electron chi connectivity index (χ4n) is 3.68. The monoisotopic (exact) mass is 486 g/mol. The van der Waals surface area contributed by atoms with Gasteiger partial charge in [0.15, 0.2) is 5.09 Å². The van der Waals surface area contributed by atoms with E-state index < -0.39 is 0 Å². The Morgan fingerprint density at radius 2 is 1.81 bits per heavy atom. The molecule has 0 radical (unpaired) electrons. The Hall–Kier alpha value is -1.99. The molecule has 3 heterocycles. The van der Waals surface area contributed by atoms with E-state index in [9.17, 15) is 0 Å². The lowest BCUT2D eigenvalue weighted by molar-refractivity contribution is -0.669. The highest BCUT2D eigenvalue weighted by atomic mass is 127. The molecule has 4 aromatic rings. The first-order valence-electron chi connectivity index (χ1n) is 8.82. The Balaban J connectivity index is 0.00000180. The van der Waals surface area contributed by atoms with E-state index in [4.69, 9.17) is 4.42 Å². The minimum absolute atomic E-state index is 0. The lowest BCUT2D eigenvalue weighted by Crippen LogP contribution is -3.00. The molecule has 0 spiro atoms. The number of thioether (sulfide) groups is 1. The third-order valence-electron chi connectivity index (χ3n) is 4.96. The molecular weight excluding hydrogens is 467 g/mol. The summed E-state index contributed by atoms with van der Waals surface area (Å²) >= 11 is 1.70. The van der Waals surface area contributed by atoms with Gasteiger partial charge in [-0.1, -0.05) is 24.3 Å². The van der Waals surface area contributed by atoms with Crippen LogP contribution < -0.4 is 33.4 Å². The van der Waals surface area contributed by atoms with Crippen molar-refractivity contribution in [2.75, 3.05) is 11.9 Å². The van der Waals surface area contributed by atoms with Gasteiger partial charge in [-0.25, -0.2) is 0 Å². The molecule has 0 unspecified atom stereocenters. The molecule has 0 fully saturated rings. The van der Waals surface area contributed by atoms with Crippen LogP contribution in [0.5, 0.6) is 0 Å². The molecule has 1 aliphatic heterocycles. The van der Waals surface area contributed by atoms with Gasteiger partial charge in [0.25, 0.3) is 0 Å². The standard InChI is InChI=1S/C22H19N2OS.HI/c1-3-24-16(13-12-15-8-4-6-10-18(15)24)14-20-23(2)21-17-9-5-7-11-19(17)25-22(21)26-20;/h4-14H,3H2,1-2H3;1H/q+1;/p-1. The second kappa shape index (κ2) is 7.20. The lowest BCUT2D eigenvalue weighted by atomic mass is 10.2. The van der Waals surface area contributed by atoms with Crippen LogP contribution in [0.15, 0.2) is 75.2 Å². The summed E-state index contributed by atoms with van der Waals surface area (Å²) in [7, 11) is 2.12. The SMILES string of the molecule is CC[n+]1c(/C=C2\Sc3oc4ccccc4c3N2C)ccc2ccccc21.[I-]. The molecule has 5 rings (SSSR count). The molecule has 0 aliphatic carbocycles. The molecule has 0 atom stereocenters. The number of benzene rings is 2. The molecule has 0 saturated heterocycles. The van der Waals surface area contributed by atoms with Crippen molar-refractivity contribution < 1.29 is 33.0 Å². The third kappa shape index (κ3) is 2.93. The fraction of sp³-hybridized carbons (Fsp3) is 0.136. The number of para-hydroxylation sites is 2. The molecule has 0 N–H and O–H groups in total. The number of anilines is 1. The van der Waals surface area contributed by atoms with E-state index in [-0.39, 0.29) is 24.0 Å². The summed E-state index contributed by atoms with van der Waals surface area (Å²) in [4.78, 5) is 2.24. The maximum Gasteiger partial charge on any atom is 0.212 e. The smallest absolute Gasteiger partial charge is 0.212 e. The van der Waals surface area contributed by atoms with E-state index in [1.165, 1.54) is 32.7 Å². The second-order valence-corrected chi connectivity index (χ2v) is 7.43. The van der Waals surface area contributed by atoms with Gasteiger partial charge in [0, 0.05) is 36.0 Å². The van der Waals surface area contributed by atoms with Gasteiger partial charge >= 0.3 is 0 Å². The number of fused-ring (bicyclic) bond motifs is 4. The maximum absolute atomic E-state index is 6.05. The van der Waals surface area contributed by atoms with Gasteiger partial charge < -0.3 is 33.3 Å². The van der Waals surface area contributed by atoms with Crippen molar-refractivity contribution >= 4 is 45.4 Å². The zero-order chi connectivity index (χ0) is 17.7. The predicted octanol–water partition coefficient (Wildman–Crippen LogP) is 2.44. The average molecular weight is 486 g/mol. The molecule has 0 amide bonds. The summed E-state index contributed by atoms with van der Waals surface area (Å²) < 4.78 is 8.41. The van der Waals surface area contributed by atoms with Crippen LogP contribution in [0.2, 0.25) is 0 Å². The number of aromatic nitrogens is 1. The van der Waals surface area contributed by atoms with Crippen molar-refractivity contribution in [3.63, 3.8) is 0 Å². The van der Waals surface area contributed by atoms with Crippen LogP contribution in [-0.2, 0) is 6.54 Å². The molecule has 27 heavy (non-hydrogen) atoms. The maximum atomic E-state index is 6.05. The Morgan fingerprint density at radius 1 is 1.04 bits per heavy atom. The minimum atomic E-state index is 0. The van der Waals surface area contributed by atoms with Crippen LogP contribution in [0.25, 0.3) is 27.9 Å². The molecular formula is C22H19IN2OS. The minimum Gasteiger partial charge on any atom is -1.00 e. The van der Waals surface area contributed by atoms with E-state index in [0.29, 0.717) is 0 Å². The van der Waals surface area contributed by atoms with E-state index in [1.807, 2.05) is 12.1 Å². The highest BCUT2D eigenvalue weighted by Crippen LogP contribution is 2.50. The van der Waals surface area contributed by atoms with Crippen molar-refractivity contribution in [3.8, 4) is 0 Å². The Kier molecular flexibility index (Phi) is 4.90. The summed E-state index contributed by atoms with van der Waals surface area (Å²) in [6, 6.07) is 21.2. The largest absolute Gasteiger partial charge is 1.00 e. The van der Waals surface area contributed by atoms with Crippen LogP contribution in [0.3, 0.4) is 0 Å². The summed E-state index contributed by atoms with van der Waals surface area (Å²) in [5, 5.41) is 4.59. The predicted molar refractivity (Wildman–Crippen MR) is 108 cm³/mol. The first kappa shape index (κ1) is 18.4.